The van der Waals surface area contributed by atoms with Crippen LogP contribution in [-0.2, 0) is 11.3 Å². The summed E-state index contributed by atoms with van der Waals surface area (Å²) in [5.41, 5.74) is 3.78. The van der Waals surface area contributed by atoms with Crippen LogP contribution in [-0.4, -0.2) is 35.7 Å². The molecule has 198 valence electrons. The summed E-state index contributed by atoms with van der Waals surface area (Å²) in [5, 5.41) is 6.61. The van der Waals surface area contributed by atoms with Crippen LogP contribution < -0.4 is 24.0 Å². The predicted octanol–water partition coefficient (Wildman–Crippen LogP) is 4.84. The number of hydrogen-bond donors (Lipinski definition) is 0. The summed E-state index contributed by atoms with van der Waals surface area (Å²) in [6, 6.07) is 31.3. The third-order valence-electron chi connectivity index (χ3n) is 9.62. The summed E-state index contributed by atoms with van der Waals surface area (Å²) in [5.74, 6) is 1.22. The lowest BCUT2D eigenvalue weighted by atomic mass is 9.71. The summed E-state index contributed by atoms with van der Waals surface area (Å²) < 4.78 is 7.52. The van der Waals surface area contributed by atoms with Gasteiger partial charge in [-0.05, 0) is 51.2 Å². The Balaban J connectivity index is 0.00000277. The molecule has 0 saturated carbocycles. The summed E-state index contributed by atoms with van der Waals surface area (Å²) >= 11 is 0. The van der Waals surface area contributed by atoms with E-state index < -0.39 is 0 Å². The van der Waals surface area contributed by atoms with E-state index in [1.54, 1.807) is 0 Å². The molecule has 0 unspecified atom stereocenters. The van der Waals surface area contributed by atoms with Gasteiger partial charge in [0.2, 0.25) is 0 Å². The molecule has 3 nitrogen and oxygen atoms in total. The average Bonchev–Trinajstić information content (AvgIpc) is 2.98. The first kappa shape index (κ1) is 26.4. The van der Waals surface area contributed by atoms with Crippen molar-refractivity contribution in [2.75, 3.05) is 20.2 Å². The van der Waals surface area contributed by atoms with Crippen molar-refractivity contribution in [3.8, 4) is 0 Å². The Kier molecular flexibility index (Phi) is 7.21. The molecule has 4 heterocycles. The number of nitrogens with zero attached hydrogens (tertiary/aromatic N) is 2. The molecule has 4 aromatic carbocycles. The van der Waals surface area contributed by atoms with Crippen molar-refractivity contribution < 1.29 is 33.2 Å². The van der Waals surface area contributed by atoms with Crippen LogP contribution in [0.1, 0.15) is 30.1 Å². The zero-order valence-corrected chi connectivity index (χ0v) is 24.6. The van der Waals surface area contributed by atoms with Crippen LogP contribution in [0.5, 0.6) is 0 Å². The number of fused-ring (bicyclic) bond motifs is 6. The molecule has 0 N–H and O–H groups in total. The number of rotatable bonds is 6. The van der Waals surface area contributed by atoms with Crippen molar-refractivity contribution >= 4 is 32.4 Å². The van der Waals surface area contributed by atoms with E-state index in [2.05, 4.69) is 103 Å². The van der Waals surface area contributed by atoms with Crippen molar-refractivity contribution in [2.45, 2.75) is 31.5 Å². The number of benzene rings is 4. The van der Waals surface area contributed by atoms with E-state index in [-0.39, 0.29) is 30.1 Å². The van der Waals surface area contributed by atoms with Gasteiger partial charge in [-0.2, -0.15) is 0 Å². The van der Waals surface area contributed by atoms with Crippen molar-refractivity contribution in [3.63, 3.8) is 0 Å². The maximum Gasteiger partial charge on any atom is 0.135 e. The van der Waals surface area contributed by atoms with Crippen LogP contribution in [0.2, 0.25) is 0 Å². The molecule has 3 saturated heterocycles. The van der Waals surface area contributed by atoms with Crippen LogP contribution in [0, 0.1) is 11.8 Å². The van der Waals surface area contributed by atoms with Gasteiger partial charge in [0.05, 0.1) is 18.6 Å². The van der Waals surface area contributed by atoms with E-state index in [9.17, 15) is 0 Å². The van der Waals surface area contributed by atoms with Crippen LogP contribution in [0.15, 0.2) is 104 Å². The van der Waals surface area contributed by atoms with Crippen molar-refractivity contribution in [3.05, 3.63) is 115 Å². The number of quaternary nitrogens is 1. The standard InChI is InChI=1S/C35H35N2O.HI/c1-3-24-22-37(23-32-28-12-6-4-10-26(28)20-27-11-5-7-13-29(27)32)19-17-25(24)21-34(37)35(38-2)31-16-18-36-33-15-9-8-14-30(31)33;/h3-16,18,20,24-25,34-35H,1,17,19,21-23H2,2H3;1H/q+1;/p-1/t24-,25-,34+,35-,37-;/m0./s1. The van der Waals surface area contributed by atoms with Gasteiger partial charge in [-0.3, -0.25) is 4.98 Å². The Morgan fingerprint density at radius 3 is 2.31 bits per heavy atom. The third-order valence-corrected chi connectivity index (χ3v) is 9.62. The van der Waals surface area contributed by atoms with Crippen molar-refractivity contribution in [1.29, 1.82) is 0 Å². The minimum atomic E-state index is 0. The first-order valence-electron chi connectivity index (χ1n) is 13.9. The molecule has 2 bridgehead atoms. The second-order valence-electron chi connectivity index (χ2n) is 11.4. The Hall–Kier alpha value is -2.80. The van der Waals surface area contributed by atoms with E-state index >= 15 is 0 Å². The number of para-hydroxylation sites is 1. The molecule has 5 aromatic rings. The quantitative estimate of drug-likeness (QED) is 0.117. The fourth-order valence-corrected chi connectivity index (χ4v) is 7.81. The van der Waals surface area contributed by atoms with Crippen LogP contribution in [0.3, 0.4) is 0 Å². The Morgan fingerprint density at radius 2 is 1.62 bits per heavy atom. The van der Waals surface area contributed by atoms with Crippen molar-refractivity contribution in [2.24, 2.45) is 11.8 Å². The molecule has 5 atom stereocenters. The SMILES string of the molecule is C=C[C@H]1C[N@+]2(Cc3c4ccccc4cc4ccccc34)CC[C@H]1C[C@@H]2[C@@H](OC)c1ccnc2ccccc12.[I-]. The van der Waals surface area contributed by atoms with Gasteiger partial charge in [0.1, 0.15) is 18.7 Å². The average molecular weight is 627 g/mol. The summed E-state index contributed by atoms with van der Waals surface area (Å²) in [6.07, 6.45) is 6.61. The molecule has 0 spiro atoms. The lowest BCUT2D eigenvalue weighted by molar-refractivity contribution is -0.984. The highest BCUT2D eigenvalue weighted by Crippen LogP contribution is 2.49. The second-order valence-corrected chi connectivity index (χ2v) is 11.4. The van der Waals surface area contributed by atoms with E-state index in [1.165, 1.54) is 51.0 Å². The number of pyridine rings is 1. The van der Waals surface area contributed by atoms with Gasteiger partial charge in [0, 0.05) is 43.0 Å². The number of aromatic nitrogens is 1. The lowest BCUT2D eigenvalue weighted by Gasteiger charge is -2.58. The summed E-state index contributed by atoms with van der Waals surface area (Å²) in [4.78, 5) is 4.66. The van der Waals surface area contributed by atoms with Gasteiger partial charge in [0.25, 0.3) is 0 Å². The van der Waals surface area contributed by atoms with Gasteiger partial charge in [-0.15, -0.1) is 6.58 Å². The highest BCUT2D eigenvalue weighted by Gasteiger charge is 2.54. The Bertz CT molecular complexity index is 1610. The molecule has 0 amide bonds. The Labute approximate surface area is 248 Å². The molecule has 4 heteroatoms. The summed E-state index contributed by atoms with van der Waals surface area (Å²) in [7, 11) is 1.90. The van der Waals surface area contributed by atoms with Gasteiger partial charge in [0.15, 0.2) is 0 Å². The maximum atomic E-state index is 6.47. The van der Waals surface area contributed by atoms with E-state index in [1.807, 2.05) is 13.3 Å². The molecular weight excluding hydrogens is 591 g/mol. The molecule has 0 radical (unpaired) electrons. The first-order valence-corrected chi connectivity index (χ1v) is 13.9. The zero-order chi connectivity index (χ0) is 25.7. The minimum absolute atomic E-state index is 0. The molecule has 1 aromatic heterocycles. The third kappa shape index (κ3) is 4.37. The highest BCUT2D eigenvalue weighted by molar-refractivity contribution is 6.02. The molecule has 8 rings (SSSR count). The fourth-order valence-electron chi connectivity index (χ4n) is 7.81. The minimum Gasteiger partial charge on any atom is -1.00 e. The fraction of sp³-hybridized carbons (Fsp3) is 0.286. The highest BCUT2D eigenvalue weighted by atomic mass is 127. The van der Waals surface area contributed by atoms with E-state index in [0.29, 0.717) is 17.9 Å². The normalized spacial score (nSPS) is 25.0. The van der Waals surface area contributed by atoms with Gasteiger partial charge in [-0.25, -0.2) is 0 Å². The van der Waals surface area contributed by atoms with Crippen LogP contribution >= 0.6 is 0 Å². The number of ether oxygens (including phenoxy) is 1. The molecular formula is C35H35IN2O. The topological polar surface area (TPSA) is 22.1 Å². The van der Waals surface area contributed by atoms with Gasteiger partial charge in [-0.1, -0.05) is 72.8 Å². The smallest absolute Gasteiger partial charge is 0.135 e. The molecule has 0 aliphatic carbocycles. The van der Waals surface area contributed by atoms with Gasteiger partial charge < -0.3 is 33.2 Å². The summed E-state index contributed by atoms with van der Waals surface area (Å²) in [6.45, 7) is 7.59. The predicted molar refractivity (Wildman–Crippen MR) is 157 cm³/mol. The molecule has 3 aliphatic heterocycles. The Morgan fingerprint density at radius 1 is 0.949 bits per heavy atom. The second kappa shape index (κ2) is 10.6. The largest absolute Gasteiger partial charge is 1.00 e. The number of methoxy groups -OCH3 is 1. The monoisotopic (exact) mass is 626 g/mol. The maximum absolute atomic E-state index is 6.47. The lowest BCUT2D eigenvalue weighted by Crippen LogP contribution is -3.00. The zero-order valence-electron chi connectivity index (χ0n) is 22.5. The van der Waals surface area contributed by atoms with Crippen molar-refractivity contribution in [1.82, 2.24) is 4.98 Å². The van der Waals surface area contributed by atoms with E-state index in [4.69, 9.17) is 4.74 Å². The van der Waals surface area contributed by atoms with Crippen LogP contribution in [0.25, 0.3) is 32.4 Å². The van der Waals surface area contributed by atoms with Gasteiger partial charge >= 0.3 is 0 Å². The van der Waals surface area contributed by atoms with Crippen LogP contribution in [0.4, 0.5) is 0 Å². The molecule has 3 aliphatic rings. The van der Waals surface area contributed by atoms with E-state index in [0.717, 1.165) is 29.5 Å². The molecule has 39 heavy (non-hydrogen) atoms. The molecule has 3 fully saturated rings. The number of piperidine rings is 3. The number of hydrogen-bond acceptors (Lipinski definition) is 2. The number of halogens is 1. The first-order chi connectivity index (χ1) is 18.7.